The highest BCUT2D eigenvalue weighted by Crippen LogP contribution is 2.37. The monoisotopic (exact) mass is 281 g/mol. The zero-order chi connectivity index (χ0) is 14.8. The summed E-state index contributed by atoms with van der Waals surface area (Å²) in [5.41, 5.74) is 3.32. The van der Waals surface area contributed by atoms with Crippen molar-refractivity contribution in [2.45, 2.75) is 32.7 Å². The van der Waals surface area contributed by atoms with Crippen LogP contribution in [0.5, 0.6) is 0 Å². The van der Waals surface area contributed by atoms with Crippen molar-refractivity contribution in [2.24, 2.45) is 0 Å². The highest BCUT2D eigenvalue weighted by Gasteiger charge is 2.27. The van der Waals surface area contributed by atoms with Crippen molar-refractivity contribution < 1.29 is 4.79 Å². The number of nitrogens with zero attached hydrogens (tertiary/aromatic N) is 2. The number of hydrogen-bond acceptors (Lipinski definition) is 3. The molecule has 0 spiro atoms. The van der Waals surface area contributed by atoms with Crippen LogP contribution in [-0.4, -0.2) is 16.9 Å². The second kappa shape index (κ2) is 5.56. The van der Waals surface area contributed by atoms with Crippen LogP contribution in [0.1, 0.15) is 25.8 Å². The van der Waals surface area contributed by atoms with Gasteiger partial charge in [0.1, 0.15) is 5.82 Å². The second-order valence-corrected chi connectivity index (χ2v) is 5.36. The van der Waals surface area contributed by atoms with E-state index in [9.17, 15) is 4.79 Å². The van der Waals surface area contributed by atoms with Crippen molar-refractivity contribution in [3.8, 4) is 0 Å². The van der Waals surface area contributed by atoms with Gasteiger partial charge < -0.3 is 10.2 Å². The Morgan fingerprint density at radius 3 is 2.86 bits per heavy atom. The third kappa shape index (κ3) is 2.61. The molecule has 4 nitrogen and oxygen atoms in total. The summed E-state index contributed by atoms with van der Waals surface area (Å²) in [7, 11) is 0. The van der Waals surface area contributed by atoms with E-state index < -0.39 is 0 Å². The summed E-state index contributed by atoms with van der Waals surface area (Å²) in [6.45, 7) is 4.04. The highest BCUT2D eigenvalue weighted by molar-refractivity contribution is 5.90. The van der Waals surface area contributed by atoms with Gasteiger partial charge in [0, 0.05) is 18.2 Å². The van der Waals surface area contributed by atoms with Crippen molar-refractivity contribution in [1.82, 2.24) is 4.98 Å². The fourth-order valence-corrected chi connectivity index (χ4v) is 2.77. The summed E-state index contributed by atoms with van der Waals surface area (Å²) in [5.74, 6) is 0.923. The molecule has 4 heteroatoms. The molecule has 1 aromatic carbocycles. The van der Waals surface area contributed by atoms with Gasteiger partial charge in [-0.3, -0.25) is 4.79 Å². The van der Waals surface area contributed by atoms with Gasteiger partial charge >= 0.3 is 0 Å². The number of amides is 1. The molecule has 1 unspecified atom stereocenters. The molecule has 1 atom stereocenters. The van der Waals surface area contributed by atoms with Gasteiger partial charge in [-0.05, 0) is 37.1 Å². The summed E-state index contributed by atoms with van der Waals surface area (Å²) in [4.78, 5) is 18.1. The van der Waals surface area contributed by atoms with Gasteiger partial charge in [0.15, 0.2) is 0 Å². The fraction of sp³-hybridized carbons (Fsp3) is 0.294. The van der Waals surface area contributed by atoms with Gasteiger partial charge in [-0.1, -0.05) is 25.1 Å². The summed E-state index contributed by atoms with van der Waals surface area (Å²) >= 11 is 0. The summed E-state index contributed by atoms with van der Waals surface area (Å²) in [6.07, 6.45) is 3.22. The number of hydrogen-bond donors (Lipinski definition) is 1. The van der Waals surface area contributed by atoms with Crippen LogP contribution >= 0.6 is 0 Å². The van der Waals surface area contributed by atoms with E-state index in [2.05, 4.69) is 46.4 Å². The number of nitrogens with one attached hydrogen (secondary N) is 1. The van der Waals surface area contributed by atoms with Crippen molar-refractivity contribution in [3.63, 3.8) is 0 Å². The van der Waals surface area contributed by atoms with Gasteiger partial charge in [0.05, 0.1) is 11.9 Å². The summed E-state index contributed by atoms with van der Waals surface area (Å²) in [5, 5.41) is 2.82. The lowest BCUT2D eigenvalue weighted by molar-refractivity contribution is -0.115. The van der Waals surface area contributed by atoms with Gasteiger partial charge in [-0.25, -0.2) is 4.98 Å². The normalized spacial score (nSPS) is 16.7. The van der Waals surface area contributed by atoms with Gasteiger partial charge in [-0.15, -0.1) is 0 Å². The van der Waals surface area contributed by atoms with Crippen LogP contribution in [0.2, 0.25) is 0 Å². The van der Waals surface area contributed by atoms with E-state index in [1.54, 1.807) is 6.20 Å². The predicted octanol–water partition coefficient (Wildman–Crippen LogP) is 3.51. The largest absolute Gasteiger partial charge is 0.325 e. The van der Waals surface area contributed by atoms with Crippen LogP contribution in [0.25, 0.3) is 0 Å². The Bertz CT molecular complexity index is 651. The summed E-state index contributed by atoms with van der Waals surface area (Å²) in [6, 6.07) is 12.7. The van der Waals surface area contributed by atoms with Crippen molar-refractivity contribution in [2.75, 3.05) is 10.2 Å². The smallest absolute Gasteiger partial charge is 0.224 e. The minimum atomic E-state index is 0.00411. The Kier molecular flexibility index (Phi) is 3.60. The molecule has 3 rings (SSSR count). The van der Waals surface area contributed by atoms with E-state index in [1.807, 2.05) is 19.1 Å². The van der Waals surface area contributed by atoms with Crippen molar-refractivity contribution in [3.05, 3.63) is 48.2 Å². The zero-order valence-electron chi connectivity index (χ0n) is 12.3. The van der Waals surface area contributed by atoms with E-state index >= 15 is 0 Å². The zero-order valence-corrected chi connectivity index (χ0v) is 12.3. The first-order chi connectivity index (χ1) is 10.2. The van der Waals surface area contributed by atoms with Crippen LogP contribution in [0.3, 0.4) is 0 Å². The Morgan fingerprint density at radius 2 is 2.14 bits per heavy atom. The van der Waals surface area contributed by atoms with E-state index in [-0.39, 0.29) is 5.91 Å². The average Bonchev–Trinajstić information content (AvgIpc) is 2.84. The number of rotatable bonds is 3. The molecule has 1 aliphatic heterocycles. The van der Waals surface area contributed by atoms with Crippen LogP contribution in [-0.2, 0) is 11.2 Å². The molecule has 108 valence electrons. The number of carbonyl (C=O) groups is 1. The fourth-order valence-electron chi connectivity index (χ4n) is 2.77. The Hall–Kier alpha value is -2.36. The molecular weight excluding hydrogens is 262 g/mol. The number of carbonyl (C=O) groups excluding carboxylic acids is 1. The molecule has 0 bridgehead atoms. The van der Waals surface area contributed by atoms with Crippen LogP contribution in [0, 0.1) is 0 Å². The SMILES string of the molecule is CCC(=O)Nc1ccc(N2c3ccccc3CC2C)nc1. The minimum absolute atomic E-state index is 0.00411. The van der Waals surface area contributed by atoms with E-state index in [0.29, 0.717) is 12.5 Å². The molecule has 0 saturated heterocycles. The minimum Gasteiger partial charge on any atom is -0.325 e. The number of pyridine rings is 1. The molecule has 0 saturated carbocycles. The van der Waals surface area contributed by atoms with E-state index in [4.69, 9.17) is 0 Å². The molecule has 2 aromatic rings. The quantitative estimate of drug-likeness (QED) is 0.936. The van der Waals surface area contributed by atoms with Gasteiger partial charge in [0.2, 0.25) is 5.91 Å². The number of benzene rings is 1. The maximum Gasteiger partial charge on any atom is 0.224 e. The molecule has 1 N–H and O–H groups in total. The lowest BCUT2D eigenvalue weighted by atomic mass is 10.1. The Labute approximate surface area is 124 Å². The second-order valence-electron chi connectivity index (χ2n) is 5.36. The first-order valence-corrected chi connectivity index (χ1v) is 7.32. The van der Waals surface area contributed by atoms with Gasteiger partial charge in [0.25, 0.3) is 0 Å². The first-order valence-electron chi connectivity index (χ1n) is 7.32. The molecule has 0 aliphatic carbocycles. The van der Waals surface area contributed by atoms with Crippen molar-refractivity contribution in [1.29, 1.82) is 0 Å². The molecule has 0 radical (unpaired) electrons. The van der Waals surface area contributed by atoms with Crippen molar-refractivity contribution >= 4 is 23.1 Å². The summed E-state index contributed by atoms with van der Waals surface area (Å²) < 4.78 is 0. The van der Waals surface area contributed by atoms with Crippen LogP contribution in [0.15, 0.2) is 42.6 Å². The molecule has 0 fully saturated rings. The maximum absolute atomic E-state index is 11.4. The lowest BCUT2D eigenvalue weighted by Gasteiger charge is -2.23. The number of anilines is 3. The number of para-hydroxylation sites is 1. The third-order valence-electron chi connectivity index (χ3n) is 3.81. The van der Waals surface area contributed by atoms with E-state index in [0.717, 1.165) is 17.9 Å². The predicted molar refractivity (Wildman–Crippen MR) is 84.9 cm³/mol. The number of fused-ring (bicyclic) bond motifs is 1. The average molecular weight is 281 g/mol. The number of aromatic nitrogens is 1. The highest BCUT2D eigenvalue weighted by atomic mass is 16.1. The maximum atomic E-state index is 11.4. The van der Waals surface area contributed by atoms with Crippen LogP contribution < -0.4 is 10.2 Å². The molecule has 21 heavy (non-hydrogen) atoms. The topological polar surface area (TPSA) is 45.2 Å². The molecule has 1 aliphatic rings. The molecule has 1 aromatic heterocycles. The lowest BCUT2D eigenvalue weighted by Crippen LogP contribution is -2.24. The Balaban J connectivity index is 1.86. The molecule has 1 amide bonds. The standard InChI is InChI=1S/C17H19N3O/c1-3-17(21)19-14-8-9-16(18-11-14)20-12(2)10-13-6-4-5-7-15(13)20/h4-9,11-12H,3,10H2,1-2H3,(H,19,21). The van der Waals surface area contributed by atoms with Gasteiger partial charge in [-0.2, -0.15) is 0 Å². The Morgan fingerprint density at radius 1 is 1.33 bits per heavy atom. The van der Waals surface area contributed by atoms with E-state index in [1.165, 1.54) is 11.3 Å². The molecular formula is C17H19N3O. The third-order valence-corrected chi connectivity index (χ3v) is 3.81. The van der Waals surface area contributed by atoms with Crippen LogP contribution in [0.4, 0.5) is 17.2 Å². The molecule has 2 heterocycles. The first kappa shape index (κ1) is 13.6.